The Morgan fingerprint density at radius 1 is 1.18 bits per heavy atom. The fourth-order valence-electron chi connectivity index (χ4n) is 3.93. The van der Waals surface area contributed by atoms with Crippen LogP contribution in [-0.2, 0) is 19.6 Å². The largest absolute Gasteiger partial charge is 0.348 e. The zero-order valence-electron chi connectivity index (χ0n) is 19.5. The van der Waals surface area contributed by atoms with Crippen LogP contribution in [0.15, 0.2) is 58.6 Å². The molecule has 0 saturated heterocycles. The first kappa shape index (κ1) is 23.2. The van der Waals surface area contributed by atoms with Crippen molar-refractivity contribution in [2.75, 3.05) is 0 Å². The van der Waals surface area contributed by atoms with Crippen molar-refractivity contribution in [3.8, 4) is 0 Å². The Kier molecular flexibility index (Phi) is 6.72. The van der Waals surface area contributed by atoms with Gasteiger partial charge in [0.25, 0.3) is 11.5 Å². The monoisotopic (exact) mass is 460 g/mol. The van der Waals surface area contributed by atoms with Gasteiger partial charge in [-0.2, -0.15) is 0 Å². The van der Waals surface area contributed by atoms with Crippen molar-refractivity contribution in [2.24, 2.45) is 0 Å². The first-order chi connectivity index (χ1) is 16.4. The Morgan fingerprint density at radius 3 is 2.62 bits per heavy atom. The molecule has 3 heterocycles. The fraction of sp³-hybridized carbons (Fsp3) is 0.320. The third-order valence-electron chi connectivity index (χ3n) is 5.72. The van der Waals surface area contributed by atoms with Crippen LogP contribution in [0.3, 0.4) is 0 Å². The number of nitrogens with zero attached hydrogens (tertiary/aromatic N) is 4. The number of imidazole rings is 1. The molecule has 9 nitrogen and oxygen atoms in total. The number of carbonyl (C=O) groups excluding carboxylic acids is 1. The van der Waals surface area contributed by atoms with E-state index >= 15 is 0 Å². The zero-order chi connectivity index (χ0) is 24.2. The van der Waals surface area contributed by atoms with Gasteiger partial charge in [-0.3, -0.25) is 19.1 Å². The van der Waals surface area contributed by atoms with E-state index in [1.165, 1.54) is 4.57 Å². The van der Waals surface area contributed by atoms with Gasteiger partial charge in [-0.15, -0.1) is 0 Å². The number of amides is 1. The van der Waals surface area contributed by atoms with E-state index in [2.05, 4.69) is 20.3 Å². The highest BCUT2D eigenvalue weighted by Crippen LogP contribution is 2.20. The van der Waals surface area contributed by atoms with E-state index in [-0.39, 0.29) is 35.0 Å². The molecule has 0 atom stereocenters. The van der Waals surface area contributed by atoms with Gasteiger partial charge in [-0.05, 0) is 29.5 Å². The molecule has 4 rings (SSSR count). The summed E-state index contributed by atoms with van der Waals surface area (Å²) in [5.74, 6) is -0.379. The van der Waals surface area contributed by atoms with E-state index in [4.69, 9.17) is 0 Å². The van der Waals surface area contributed by atoms with E-state index in [0.717, 1.165) is 11.1 Å². The Morgan fingerprint density at radius 2 is 1.94 bits per heavy atom. The van der Waals surface area contributed by atoms with Crippen LogP contribution in [0.4, 0.5) is 0 Å². The van der Waals surface area contributed by atoms with Crippen LogP contribution in [0.1, 0.15) is 60.3 Å². The normalized spacial score (nSPS) is 11.3. The molecule has 2 N–H and O–H groups in total. The average Bonchev–Trinajstić information content (AvgIpc) is 3.33. The van der Waals surface area contributed by atoms with E-state index < -0.39 is 11.2 Å². The molecule has 176 valence electrons. The Bertz CT molecular complexity index is 1430. The Balaban J connectivity index is 1.72. The standard InChI is InChI=1S/C25H28N6O3/c1-4-10-31-22-21(24(33)29-25(31)34)19(12-20(28-22)16(2)3)23(32)27-13-17-7-5-6-8-18(17)14-30-11-9-26-15-30/h5-9,11-12,15-16H,4,10,13-14H2,1-3H3,(H,27,32)(H,29,33,34). The summed E-state index contributed by atoms with van der Waals surface area (Å²) >= 11 is 0. The lowest BCUT2D eigenvalue weighted by Gasteiger charge is -2.15. The summed E-state index contributed by atoms with van der Waals surface area (Å²) in [5.41, 5.74) is 1.99. The van der Waals surface area contributed by atoms with Crippen LogP contribution in [0.25, 0.3) is 11.0 Å². The Labute approximate surface area is 196 Å². The SMILES string of the molecule is CCCn1c(=O)[nH]c(=O)c2c(C(=O)NCc3ccccc3Cn3ccnc3)cc(C(C)C)nc21. The van der Waals surface area contributed by atoms with E-state index in [1.807, 2.05) is 55.8 Å². The van der Waals surface area contributed by atoms with Gasteiger partial charge in [-0.25, -0.2) is 14.8 Å². The molecule has 0 bridgehead atoms. The van der Waals surface area contributed by atoms with Gasteiger partial charge < -0.3 is 9.88 Å². The number of benzene rings is 1. The highest BCUT2D eigenvalue weighted by Gasteiger charge is 2.20. The minimum absolute atomic E-state index is 0.0105. The lowest BCUT2D eigenvalue weighted by atomic mass is 10.0. The molecule has 0 fully saturated rings. The van der Waals surface area contributed by atoms with Crippen molar-refractivity contribution in [2.45, 2.75) is 52.7 Å². The second kappa shape index (κ2) is 9.86. The number of hydrogen-bond acceptors (Lipinski definition) is 5. The lowest BCUT2D eigenvalue weighted by Crippen LogP contribution is -2.33. The van der Waals surface area contributed by atoms with Crippen molar-refractivity contribution < 1.29 is 4.79 Å². The number of nitrogens with one attached hydrogen (secondary N) is 2. The predicted octanol–water partition coefficient (Wildman–Crippen LogP) is 2.79. The molecule has 9 heteroatoms. The van der Waals surface area contributed by atoms with Gasteiger partial charge in [0.15, 0.2) is 5.65 Å². The molecular formula is C25H28N6O3. The molecule has 0 aliphatic rings. The minimum Gasteiger partial charge on any atom is -0.348 e. The topological polar surface area (TPSA) is 115 Å². The summed E-state index contributed by atoms with van der Waals surface area (Å²) in [7, 11) is 0. The third-order valence-corrected chi connectivity index (χ3v) is 5.72. The lowest BCUT2D eigenvalue weighted by molar-refractivity contribution is 0.0952. The van der Waals surface area contributed by atoms with Crippen LogP contribution in [0, 0.1) is 0 Å². The van der Waals surface area contributed by atoms with Crippen molar-refractivity contribution in [1.29, 1.82) is 0 Å². The first-order valence-electron chi connectivity index (χ1n) is 11.4. The van der Waals surface area contributed by atoms with Crippen LogP contribution >= 0.6 is 0 Å². The number of hydrogen-bond donors (Lipinski definition) is 2. The summed E-state index contributed by atoms with van der Waals surface area (Å²) in [6.07, 6.45) is 6.03. The van der Waals surface area contributed by atoms with Crippen LogP contribution in [0.2, 0.25) is 0 Å². The molecular weight excluding hydrogens is 432 g/mol. The quantitative estimate of drug-likeness (QED) is 0.420. The number of aryl methyl sites for hydroxylation is 1. The van der Waals surface area contributed by atoms with Crippen molar-refractivity contribution in [3.05, 3.63) is 92.3 Å². The smallest absolute Gasteiger partial charge is 0.329 e. The van der Waals surface area contributed by atoms with E-state index in [0.29, 0.717) is 25.2 Å². The molecule has 0 spiro atoms. The van der Waals surface area contributed by atoms with Gasteiger partial charge in [0.1, 0.15) is 0 Å². The number of aromatic nitrogens is 5. The number of H-pyrrole nitrogens is 1. The van der Waals surface area contributed by atoms with E-state index in [1.54, 1.807) is 18.6 Å². The van der Waals surface area contributed by atoms with Gasteiger partial charge in [-0.1, -0.05) is 45.0 Å². The molecule has 3 aromatic heterocycles. The number of rotatable bonds is 8. The molecule has 0 unspecified atom stereocenters. The second-order valence-electron chi connectivity index (χ2n) is 8.55. The number of carbonyl (C=O) groups is 1. The number of pyridine rings is 1. The predicted molar refractivity (Wildman–Crippen MR) is 130 cm³/mol. The zero-order valence-corrected chi connectivity index (χ0v) is 19.5. The van der Waals surface area contributed by atoms with Crippen molar-refractivity contribution in [3.63, 3.8) is 0 Å². The highest BCUT2D eigenvalue weighted by atomic mass is 16.2. The maximum Gasteiger partial charge on any atom is 0.329 e. The first-order valence-corrected chi connectivity index (χ1v) is 11.4. The second-order valence-corrected chi connectivity index (χ2v) is 8.55. The average molecular weight is 461 g/mol. The van der Waals surface area contributed by atoms with E-state index in [9.17, 15) is 14.4 Å². The number of fused-ring (bicyclic) bond motifs is 1. The molecule has 34 heavy (non-hydrogen) atoms. The van der Waals surface area contributed by atoms with Crippen molar-refractivity contribution >= 4 is 16.9 Å². The van der Waals surface area contributed by atoms with Gasteiger partial charge >= 0.3 is 5.69 Å². The van der Waals surface area contributed by atoms with Gasteiger partial charge in [0.2, 0.25) is 0 Å². The molecule has 1 amide bonds. The van der Waals surface area contributed by atoms with Gasteiger partial charge in [0, 0.05) is 37.7 Å². The molecule has 4 aromatic rings. The van der Waals surface area contributed by atoms with Crippen LogP contribution < -0.4 is 16.6 Å². The van der Waals surface area contributed by atoms with Gasteiger partial charge in [0.05, 0.1) is 17.3 Å². The summed E-state index contributed by atoms with van der Waals surface area (Å²) < 4.78 is 3.39. The van der Waals surface area contributed by atoms with Crippen LogP contribution in [-0.4, -0.2) is 30.0 Å². The number of aromatic amines is 1. The van der Waals surface area contributed by atoms with Crippen LogP contribution in [0.5, 0.6) is 0 Å². The molecule has 0 radical (unpaired) electrons. The molecule has 0 saturated carbocycles. The third kappa shape index (κ3) is 4.68. The Hall–Kier alpha value is -4.01. The maximum absolute atomic E-state index is 13.3. The molecule has 1 aromatic carbocycles. The minimum atomic E-state index is -0.610. The summed E-state index contributed by atoms with van der Waals surface area (Å²) in [5, 5.41) is 3.08. The highest BCUT2D eigenvalue weighted by molar-refractivity contribution is 6.05. The summed E-state index contributed by atoms with van der Waals surface area (Å²) in [4.78, 5) is 49.6. The van der Waals surface area contributed by atoms with Crippen molar-refractivity contribution in [1.82, 2.24) is 29.4 Å². The summed E-state index contributed by atoms with van der Waals surface area (Å²) in [6.45, 7) is 7.16. The maximum atomic E-state index is 13.3. The summed E-state index contributed by atoms with van der Waals surface area (Å²) in [6, 6.07) is 9.49. The molecule has 0 aliphatic heterocycles. The fourth-order valence-corrected chi connectivity index (χ4v) is 3.93. The molecule has 0 aliphatic carbocycles.